The van der Waals surface area contributed by atoms with Crippen LogP contribution in [-0.4, -0.2) is 33.9 Å². The van der Waals surface area contributed by atoms with Gasteiger partial charge in [0.05, 0.1) is 33.5 Å². The Morgan fingerprint density at radius 1 is 1.13 bits per heavy atom. The molecule has 1 unspecified atom stereocenters. The first-order chi connectivity index (χ1) is 14.7. The Morgan fingerprint density at radius 3 is 2.55 bits per heavy atom. The third-order valence-electron chi connectivity index (χ3n) is 5.37. The molecule has 1 aliphatic carbocycles. The van der Waals surface area contributed by atoms with Crippen LogP contribution >= 0.6 is 11.3 Å². The van der Waals surface area contributed by atoms with Gasteiger partial charge in [0.1, 0.15) is 5.00 Å². The number of thiophene rings is 1. The number of nitrogens with zero attached hydrogens (tertiary/aromatic N) is 2. The highest BCUT2D eigenvalue weighted by molar-refractivity contribution is 7.17. The predicted octanol–water partition coefficient (Wildman–Crippen LogP) is 3.08. The van der Waals surface area contributed by atoms with Gasteiger partial charge in [-0.3, -0.25) is 9.59 Å². The van der Waals surface area contributed by atoms with Crippen LogP contribution in [0.2, 0.25) is 0 Å². The van der Waals surface area contributed by atoms with Crippen molar-refractivity contribution < 1.29 is 19.1 Å². The van der Waals surface area contributed by atoms with E-state index >= 15 is 0 Å². The van der Waals surface area contributed by atoms with Gasteiger partial charge >= 0.3 is 5.97 Å². The third kappa shape index (κ3) is 4.00. The molecule has 2 aromatic heterocycles. The van der Waals surface area contributed by atoms with Crippen molar-refractivity contribution in [3.05, 3.63) is 51.2 Å². The lowest BCUT2D eigenvalue weighted by molar-refractivity contribution is -0.123. The quantitative estimate of drug-likeness (QED) is 0.590. The van der Waals surface area contributed by atoms with Crippen LogP contribution in [0, 0.1) is 13.8 Å². The summed E-state index contributed by atoms with van der Waals surface area (Å²) in [5, 5.41) is 3.11. The molecule has 0 saturated heterocycles. The van der Waals surface area contributed by atoms with Crippen LogP contribution in [0.3, 0.4) is 0 Å². The fourth-order valence-electron chi connectivity index (χ4n) is 3.61. The van der Waals surface area contributed by atoms with Gasteiger partial charge in [0.2, 0.25) is 0 Å². The summed E-state index contributed by atoms with van der Waals surface area (Å²) < 4.78 is 5.34. The smallest absolute Gasteiger partial charge is 0.338 e. The maximum absolute atomic E-state index is 12.6. The van der Waals surface area contributed by atoms with E-state index < -0.39 is 23.9 Å². The number of anilines is 1. The van der Waals surface area contributed by atoms with Crippen molar-refractivity contribution in [1.29, 1.82) is 0 Å². The second kappa shape index (κ2) is 8.07. The van der Waals surface area contributed by atoms with E-state index in [1.807, 2.05) is 13.8 Å². The molecule has 0 saturated carbocycles. The number of primary amides is 1. The van der Waals surface area contributed by atoms with Gasteiger partial charge in [0, 0.05) is 4.88 Å². The Kier molecular flexibility index (Phi) is 5.45. The van der Waals surface area contributed by atoms with E-state index in [1.165, 1.54) is 18.3 Å². The Bertz CT molecular complexity index is 1230. The second-order valence-corrected chi connectivity index (χ2v) is 8.67. The van der Waals surface area contributed by atoms with Crippen LogP contribution in [0.5, 0.6) is 0 Å². The fraction of sp³-hybridized carbons (Fsp3) is 0.318. The summed E-state index contributed by atoms with van der Waals surface area (Å²) in [7, 11) is 0. The molecule has 4 rings (SSSR count). The number of ether oxygens (including phenoxy) is 1. The van der Waals surface area contributed by atoms with Crippen molar-refractivity contribution in [3.8, 4) is 0 Å². The standard InChI is InChI=1S/C22H22N4O4S/c1-10-11(2)25-16-9-13(7-8-15(16)24-10)22(29)30-12(3)20(28)26-21-18(19(23)27)14-5-4-6-17(14)31-21/h7-9,12H,4-6H2,1-3H3,(H2,23,27)(H,26,28). The molecule has 0 radical (unpaired) electrons. The number of nitrogens with one attached hydrogen (secondary N) is 1. The molecule has 0 spiro atoms. The zero-order valence-corrected chi connectivity index (χ0v) is 18.3. The molecule has 1 aliphatic rings. The van der Waals surface area contributed by atoms with Crippen molar-refractivity contribution in [1.82, 2.24) is 9.97 Å². The fourth-order valence-corrected chi connectivity index (χ4v) is 4.90. The maximum Gasteiger partial charge on any atom is 0.338 e. The number of carbonyl (C=O) groups excluding carboxylic acids is 3. The molecule has 160 valence electrons. The van der Waals surface area contributed by atoms with Gasteiger partial charge in [-0.2, -0.15) is 0 Å². The minimum Gasteiger partial charge on any atom is -0.449 e. The first kappa shape index (κ1) is 20.9. The minimum absolute atomic E-state index is 0.276. The summed E-state index contributed by atoms with van der Waals surface area (Å²) in [4.78, 5) is 47.0. The topological polar surface area (TPSA) is 124 Å². The first-order valence-corrected chi connectivity index (χ1v) is 10.8. The maximum atomic E-state index is 12.6. The van der Waals surface area contributed by atoms with Crippen molar-refractivity contribution in [2.75, 3.05) is 5.32 Å². The Morgan fingerprint density at radius 2 is 1.84 bits per heavy atom. The summed E-state index contributed by atoms with van der Waals surface area (Å²) in [6.07, 6.45) is 1.55. The molecule has 0 aliphatic heterocycles. The molecule has 31 heavy (non-hydrogen) atoms. The Balaban J connectivity index is 1.48. The van der Waals surface area contributed by atoms with Crippen molar-refractivity contribution in [2.45, 2.75) is 46.1 Å². The van der Waals surface area contributed by atoms with Crippen molar-refractivity contribution >= 4 is 45.2 Å². The van der Waals surface area contributed by atoms with Crippen LogP contribution in [0.4, 0.5) is 5.00 Å². The summed E-state index contributed by atoms with van der Waals surface area (Å²) in [6, 6.07) is 4.88. The molecule has 0 bridgehead atoms. The molecule has 1 atom stereocenters. The molecule has 0 fully saturated rings. The number of rotatable bonds is 5. The van der Waals surface area contributed by atoms with Gasteiger partial charge in [-0.15, -0.1) is 11.3 Å². The summed E-state index contributed by atoms with van der Waals surface area (Å²) >= 11 is 1.35. The lowest BCUT2D eigenvalue weighted by Gasteiger charge is -2.14. The number of amides is 2. The number of benzene rings is 1. The predicted molar refractivity (Wildman–Crippen MR) is 117 cm³/mol. The van der Waals surface area contributed by atoms with E-state index in [4.69, 9.17) is 10.5 Å². The number of aryl methyl sites for hydroxylation is 3. The largest absolute Gasteiger partial charge is 0.449 e. The van der Waals surface area contributed by atoms with Gasteiger partial charge in [-0.05, 0) is 63.8 Å². The van der Waals surface area contributed by atoms with E-state index in [-0.39, 0.29) is 5.56 Å². The zero-order valence-electron chi connectivity index (χ0n) is 17.4. The average molecular weight is 439 g/mol. The van der Waals surface area contributed by atoms with Crippen LogP contribution in [0.15, 0.2) is 18.2 Å². The van der Waals surface area contributed by atoms with Crippen LogP contribution in [-0.2, 0) is 22.4 Å². The molecule has 3 N–H and O–H groups in total. The first-order valence-electron chi connectivity index (χ1n) is 9.95. The molecular weight excluding hydrogens is 416 g/mol. The van der Waals surface area contributed by atoms with Gasteiger partial charge in [-0.1, -0.05) is 0 Å². The molecule has 2 amide bonds. The van der Waals surface area contributed by atoms with Crippen LogP contribution in [0.25, 0.3) is 11.0 Å². The number of aromatic nitrogens is 2. The van der Waals surface area contributed by atoms with E-state index in [9.17, 15) is 14.4 Å². The molecule has 9 heteroatoms. The Labute approximate surface area is 182 Å². The zero-order chi connectivity index (χ0) is 22.3. The number of hydrogen-bond acceptors (Lipinski definition) is 7. The van der Waals surface area contributed by atoms with Gasteiger partial charge in [0.25, 0.3) is 11.8 Å². The van der Waals surface area contributed by atoms with E-state index in [0.717, 1.165) is 41.1 Å². The molecule has 8 nitrogen and oxygen atoms in total. The number of nitrogens with two attached hydrogens (primary N) is 1. The third-order valence-corrected chi connectivity index (χ3v) is 6.58. The normalized spacial score (nSPS) is 13.6. The summed E-state index contributed by atoms with van der Waals surface area (Å²) in [6.45, 7) is 5.20. The second-order valence-electron chi connectivity index (χ2n) is 7.56. The highest BCUT2D eigenvalue weighted by Gasteiger charge is 2.28. The molecular formula is C22H22N4O4S. The van der Waals surface area contributed by atoms with Crippen molar-refractivity contribution in [2.24, 2.45) is 5.73 Å². The van der Waals surface area contributed by atoms with Crippen LogP contribution in [0.1, 0.15) is 55.9 Å². The molecule has 3 aromatic rings. The lowest BCUT2D eigenvalue weighted by Crippen LogP contribution is -2.30. The lowest BCUT2D eigenvalue weighted by atomic mass is 10.1. The average Bonchev–Trinajstić information content (AvgIpc) is 3.28. The number of hydrogen-bond donors (Lipinski definition) is 2. The molecule has 1 aromatic carbocycles. The minimum atomic E-state index is -1.06. The number of fused-ring (bicyclic) bond motifs is 2. The summed E-state index contributed by atoms with van der Waals surface area (Å²) in [5.41, 5.74) is 9.94. The highest BCUT2D eigenvalue weighted by atomic mass is 32.1. The number of carbonyl (C=O) groups is 3. The van der Waals surface area contributed by atoms with E-state index in [0.29, 0.717) is 21.6 Å². The number of esters is 1. The highest BCUT2D eigenvalue weighted by Crippen LogP contribution is 2.38. The van der Waals surface area contributed by atoms with Gasteiger partial charge in [-0.25, -0.2) is 14.8 Å². The van der Waals surface area contributed by atoms with Gasteiger partial charge in [0.15, 0.2) is 6.10 Å². The Hall–Kier alpha value is -3.33. The SMILES string of the molecule is Cc1nc2ccc(C(=O)OC(C)C(=O)Nc3sc4c(c3C(N)=O)CCC4)cc2nc1C. The summed E-state index contributed by atoms with van der Waals surface area (Å²) in [5.74, 6) is -1.74. The van der Waals surface area contributed by atoms with Crippen LogP contribution < -0.4 is 11.1 Å². The van der Waals surface area contributed by atoms with E-state index in [2.05, 4.69) is 15.3 Å². The van der Waals surface area contributed by atoms with Gasteiger partial charge < -0.3 is 15.8 Å². The van der Waals surface area contributed by atoms with E-state index in [1.54, 1.807) is 18.2 Å². The van der Waals surface area contributed by atoms with Crippen molar-refractivity contribution in [3.63, 3.8) is 0 Å². The molecule has 2 heterocycles. The monoisotopic (exact) mass is 438 g/mol.